The standard InChI is InChI=1S/C31H33N3O3Si/c1-21-15-16-24(36-21)19-27-30(35)34-20-28(32-26(29(34)33-27)17-22-11-8-7-9-12-22)23-13-10-14-25(18-23)37-38(5,6)31(2,3)4/h7-16,18-20H,17H2,1-6H3/b27-19-. The van der Waals surface area contributed by atoms with E-state index in [4.69, 9.17) is 18.8 Å². The van der Waals surface area contributed by atoms with Crippen molar-refractivity contribution in [2.75, 3.05) is 0 Å². The third-order valence-corrected chi connectivity index (χ3v) is 11.6. The number of nitrogens with zero attached hydrogens (tertiary/aromatic N) is 3. The largest absolute Gasteiger partial charge is 0.543 e. The maximum absolute atomic E-state index is 13.5. The smallest absolute Gasteiger partial charge is 0.282 e. The first-order chi connectivity index (χ1) is 18.0. The second kappa shape index (κ2) is 9.72. The number of hydrogen-bond acceptors (Lipinski definition) is 5. The van der Waals surface area contributed by atoms with E-state index in [-0.39, 0.29) is 10.9 Å². The van der Waals surface area contributed by atoms with E-state index >= 15 is 0 Å². The zero-order valence-electron chi connectivity index (χ0n) is 22.8. The molecule has 0 atom stereocenters. The van der Waals surface area contributed by atoms with Gasteiger partial charge in [-0.1, -0.05) is 63.2 Å². The van der Waals surface area contributed by atoms with Crippen LogP contribution in [0.4, 0.5) is 0 Å². The Morgan fingerprint density at radius 2 is 1.76 bits per heavy atom. The molecule has 2 aliphatic rings. The predicted octanol–water partition coefficient (Wildman–Crippen LogP) is 7.25. The summed E-state index contributed by atoms with van der Waals surface area (Å²) in [5, 5.41) is 0.0801. The molecule has 2 aromatic carbocycles. The van der Waals surface area contributed by atoms with Gasteiger partial charge in [-0.15, -0.1) is 0 Å². The Bertz CT molecular complexity index is 1500. The summed E-state index contributed by atoms with van der Waals surface area (Å²) in [6.45, 7) is 13.0. The van der Waals surface area contributed by atoms with Gasteiger partial charge in [0.2, 0.25) is 8.32 Å². The average Bonchev–Trinajstić information content (AvgIpc) is 3.41. The average molecular weight is 524 g/mol. The van der Waals surface area contributed by atoms with E-state index in [0.717, 1.165) is 28.3 Å². The van der Waals surface area contributed by atoms with Crippen LogP contribution in [0.3, 0.4) is 0 Å². The Hall–Kier alpha value is -3.97. The molecule has 0 spiro atoms. The molecule has 2 aliphatic heterocycles. The molecule has 0 fully saturated rings. The molecule has 6 nitrogen and oxygen atoms in total. The highest BCUT2D eigenvalue weighted by Crippen LogP contribution is 2.38. The van der Waals surface area contributed by atoms with Gasteiger partial charge in [-0.05, 0) is 54.9 Å². The number of furan rings is 1. The van der Waals surface area contributed by atoms with Crippen LogP contribution >= 0.6 is 0 Å². The first-order valence-corrected chi connectivity index (χ1v) is 15.7. The lowest BCUT2D eigenvalue weighted by Gasteiger charge is -2.36. The number of carbonyl (C=O) groups is 1. The topological polar surface area (TPSA) is 67.4 Å². The lowest BCUT2D eigenvalue weighted by Crippen LogP contribution is -2.43. The molecule has 0 radical (unpaired) electrons. The van der Waals surface area contributed by atoms with Crippen LogP contribution in [0, 0.1) is 6.92 Å². The minimum absolute atomic E-state index is 0.0801. The fourth-order valence-electron chi connectivity index (χ4n) is 4.08. The molecule has 0 saturated heterocycles. The van der Waals surface area contributed by atoms with Crippen molar-refractivity contribution in [3.63, 3.8) is 0 Å². The van der Waals surface area contributed by atoms with E-state index < -0.39 is 8.32 Å². The van der Waals surface area contributed by atoms with Gasteiger partial charge < -0.3 is 8.84 Å². The van der Waals surface area contributed by atoms with Crippen LogP contribution in [0.15, 0.2) is 93.0 Å². The predicted molar refractivity (Wildman–Crippen MR) is 156 cm³/mol. The van der Waals surface area contributed by atoms with Crippen molar-refractivity contribution < 1.29 is 13.6 Å². The number of aryl methyl sites for hydroxylation is 1. The van der Waals surface area contributed by atoms with Crippen molar-refractivity contribution in [1.29, 1.82) is 0 Å². The van der Waals surface area contributed by atoms with Crippen LogP contribution in [0.2, 0.25) is 18.1 Å². The minimum Gasteiger partial charge on any atom is -0.543 e. The summed E-state index contributed by atoms with van der Waals surface area (Å²) in [6.07, 6.45) is 4.01. The maximum atomic E-state index is 13.5. The third-order valence-electron chi connectivity index (χ3n) is 7.22. The highest BCUT2D eigenvalue weighted by Gasteiger charge is 2.39. The summed E-state index contributed by atoms with van der Waals surface area (Å²) in [5.74, 6) is 2.53. The summed E-state index contributed by atoms with van der Waals surface area (Å²) in [5.41, 5.74) is 3.73. The van der Waals surface area contributed by atoms with E-state index in [9.17, 15) is 4.79 Å². The molecule has 0 unspecified atom stereocenters. The highest BCUT2D eigenvalue weighted by atomic mass is 28.4. The van der Waals surface area contributed by atoms with Crippen molar-refractivity contribution in [1.82, 2.24) is 4.90 Å². The third kappa shape index (κ3) is 5.20. The fourth-order valence-corrected chi connectivity index (χ4v) is 5.10. The van der Waals surface area contributed by atoms with Crippen molar-refractivity contribution in [3.05, 3.63) is 101 Å². The molecule has 7 heteroatoms. The molecule has 1 aromatic heterocycles. The number of carbonyl (C=O) groups excluding carboxylic acids is 1. The quantitative estimate of drug-likeness (QED) is 0.252. The molecule has 0 saturated carbocycles. The molecule has 1 amide bonds. The van der Waals surface area contributed by atoms with E-state index in [1.807, 2.05) is 61.5 Å². The Balaban J connectivity index is 1.53. The SMILES string of the molecule is Cc1ccc(/C=C2\N=C3C(Cc4ccccc4)=NC(c4cccc(O[Si](C)(C)C(C)(C)C)c4)=CN3C2=O)o1. The molecular formula is C31H33N3O3Si. The zero-order chi connectivity index (χ0) is 27.1. The fraction of sp³-hybridized carbons (Fsp3) is 0.258. The van der Waals surface area contributed by atoms with Crippen LogP contribution in [0.5, 0.6) is 5.75 Å². The number of aliphatic imine (C=N–C) groups is 2. The molecule has 0 N–H and O–H groups in total. The first-order valence-electron chi connectivity index (χ1n) is 12.8. The van der Waals surface area contributed by atoms with Gasteiger partial charge in [0, 0.05) is 24.3 Å². The van der Waals surface area contributed by atoms with Gasteiger partial charge in [-0.3, -0.25) is 9.69 Å². The number of amides is 1. The summed E-state index contributed by atoms with van der Waals surface area (Å²) < 4.78 is 12.2. The summed E-state index contributed by atoms with van der Waals surface area (Å²) in [6, 6.07) is 21.8. The number of hydrogen-bond donors (Lipinski definition) is 0. The molecule has 0 bridgehead atoms. The minimum atomic E-state index is -2.01. The normalized spacial score (nSPS) is 16.8. The second-order valence-electron chi connectivity index (χ2n) is 11.2. The van der Waals surface area contributed by atoms with Crippen molar-refractivity contribution in [2.45, 2.75) is 52.2 Å². The van der Waals surface area contributed by atoms with Gasteiger partial charge in [-0.25, -0.2) is 9.98 Å². The van der Waals surface area contributed by atoms with Crippen molar-refractivity contribution in [2.24, 2.45) is 9.98 Å². The molecular weight excluding hydrogens is 490 g/mol. The molecule has 194 valence electrons. The van der Waals surface area contributed by atoms with Gasteiger partial charge >= 0.3 is 0 Å². The molecule has 0 aliphatic carbocycles. The Morgan fingerprint density at radius 1 is 1.00 bits per heavy atom. The first kappa shape index (κ1) is 25.7. The van der Waals surface area contributed by atoms with E-state index in [1.165, 1.54) is 0 Å². The van der Waals surface area contributed by atoms with Gasteiger partial charge in [0.25, 0.3) is 5.91 Å². The Kier molecular flexibility index (Phi) is 6.57. The zero-order valence-corrected chi connectivity index (χ0v) is 23.8. The molecule has 3 aromatic rings. The highest BCUT2D eigenvalue weighted by molar-refractivity contribution is 6.74. The number of fused-ring (bicyclic) bond motifs is 1. The van der Waals surface area contributed by atoms with Gasteiger partial charge in [0.05, 0.1) is 11.4 Å². The van der Waals surface area contributed by atoms with Crippen LogP contribution in [0.25, 0.3) is 11.8 Å². The van der Waals surface area contributed by atoms with E-state index in [1.54, 1.807) is 17.2 Å². The van der Waals surface area contributed by atoms with Crippen molar-refractivity contribution >= 4 is 37.5 Å². The van der Waals surface area contributed by atoms with Gasteiger partial charge in [0.1, 0.15) is 23.0 Å². The lowest BCUT2D eigenvalue weighted by molar-refractivity contribution is -0.120. The van der Waals surface area contributed by atoms with E-state index in [0.29, 0.717) is 29.4 Å². The van der Waals surface area contributed by atoms with Gasteiger partial charge in [-0.2, -0.15) is 0 Å². The monoisotopic (exact) mass is 523 g/mol. The van der Waals surface area contributed by atoms with Crippen LogP contribution in [0.1, 0.15) is 43.4 Å². The number of benzene rings is 2. The summed E-state index contributed by atoms with van der Waals surface area (Å²) in [4.78, 5) is 24.8. The van der Waals surface area contributed by atoms with E-state index in [2.05, 4.69) is 46.0 Å². The second-order valence-corrected chi connectivity index (χ2v) is 15.9. The Labute approximate surface area is 225 Å². The molecule has 38 heavy (non-hydrogen) atoms. The maximum Gasteiger partial charge on any atom is 0.282 e. The summed E-state index contributed by atoms with van der Waals surface area (Å²) >= 11 is 0. The summed E-state index contributed by atoms with van der Waals surface area (Å²) in [7, 11) is -2.01. The van der Waals surface area contributed by atoms with Crippen LogP contribution in [-0.2, 0) is 11.2 Å². The van der Waals surface area contributed by atoms with Crippen molar-refractivity contribution in [3.8, 4) is 5.75 Å². The molecule has 3 heterocycles. The number of rotatable bonds is 6. The lowest BCUT2D eigenvalue weighted by atomic mass is 10.0. The molecule has 5 rings (SSSR count). The Morgan fingerprint density at radius 3 is 2.45 bits per heavy atom. The number of amidine groups is 1. The van der Waals surface area contributed by atoms with Crippen LogP contribution in [-0.4, -0.2) is 30.7 Å². The van der Waals surface area contributed by atoms with Gasteiger partial charge in [0.15, 0.2) is 5.84 Å². The van der Waals surface area contributed by atoms with Crippen LogP contribution < -0.4 is 4.43 Å².